The fraction of sp³-hybridized carbons (Fsp3) is 0.778. The second kappa shape index (κ2) is 6.15. The van der Waals surface area contributed by atoms with Gasteiger partial charge in [0.1, 0.15) is 4.75 Å². The molecule has 4 heterocycles. The predicted molar refractivity (Wildman–Crippen MR) is 95.6 cm³/mol. The highest BCUT2D eigenvalue weighted by Gasteiger charge is 2.61. The van der Waals surface area contributed by atoms with E-state index in [-0.39, 0.29) is 0 Å². The van der Waals surface area contributed by atoms with Crippen LogP contribution in [0.4, 0.5) is 0 Å². The summed E-state index contributed by atoms with van der Waals surface area (Å²) in [6, 6.07) is 4.18. The molecule has 3 aliphatic rings. The number of rotatable bonds is 4. The van der Waals surface area contributed by atoms with Crippen LogP contribution in [0.5, 0.6) is 0 Å². The predicted octanol–water partition coefficient (Wildman–Crippen LogP) is 1.50. The van der Waals surface area contributed by atoms with Gasteiger partial charge in [-0.3, -0.25) is 4.90 Å². The molecule has 1 spiro atoms. The van der Waals surface area contributed by atoms with Gasteiger partial charge in [-0.25, -0.2) is 8.42 Å². The Kier molecular flexibility index (Phi) is 4.25. The number of hydrogen-bond donors (Lipinski definition) is 0. The van der Waals surface area contributed by atoms with Crippen molar-refractivity contribution >= 4 is 9.84 Å². The molecule has 1 aromatic heterocycles. The quantitative estimate of drug-likeness (QED) is 0.825. The first-order valence-corrected chi connectivity index (χ1v) is 10.9. The first-order valence-electron chi connectivity index (χ1n) is 9.27. The zero-order valence-corrected chi connectivity index (χ0v) is 15.5. The van der Waals surface area contributed by atoms with Crippen LogP contribution >= 0.6 is 0 Å². The van der Waals surface area contributed by atoms with E-state index < -0.39 is 14.6 Å². The molecule has 0 aliphatic carbocycles. The van der Waals surface area contributed by atoms with E-state index in [0.29, 0.717) is 11.7 Å². The van der Waals surface area contributed by atoms with Crippen molar-refractivity contribution in [2.24, 2.45) is 13.0 Å². The van der Waals surface area contributed by atoms with E-state index in [1.807, 2.05) is 0 Å². The van der Waals surface area contributed by atoms with E-state index in [2.05, 4.69) is 39.7 Å². The molecule has 3 aliphatic heterocycles. The lowest BCUT2D eigenvalue weighted by molar-refractivity contribution is 0.0571. The summed E-state index contributed by atoms with van der Waals surface area (Å²) in [4.78, 5) is 4.82. The highest BCUT2D eigenvalue weighted by molar-refractivity contribution is 7.93. The Morgan fingerprint density at radius 2 is 1.92 bits per heavy atom. The number of piperidine rings is 1. The number of aryl methyl sites for hydroxylation is 1. The molecule has 1 aromatic rings. The van der Waals surface area contributed by atoms with Crippen molar-refractivity contribution in [1.29, 1.82) is 0 Å². The number of nitrogens with zero attached hydrogens (tertiary/aromatic N) is 3. The van der Waals surface area contributed by atoms with Crippen molar-refractivity contribution in [2.45, 2.75) is 37.0 Å². The largest absolute Gasteiger partial charge is 0.353 e. The third kappa shape index (κ3) is 2.72. The number of aromatic nitrogens is 1. The number of sulfone groups is 1. The lowest BCUT2D eigenvalue weighted by atomic mass is 9.82. The smallest absolute Gasteiger partial charge is 0.158 e. The Balaban J connectivity index is 1.44. The second-order valence-electron chi connectivity index (χ2n) is 7.99. The molecule has 0 amide bonds. The van der Waals surface area contributed by atoms with Crippen molar-refractivity contribution in [3.8, 4) is 0 Å². The standard InChI is InChI=1S/C18H29N3O2S/c1-19-8-5-6-17(19)13-21-14-18(15-21)16(7-11-24(18,22)23)12-20-9-3-2-4-10-20/h5-6,8,16H,2-4,7,9-15H2,1H3. The Morgan fingerprint density at radius 3 is 2.58 bits per heavy atom. The summed E-state index contributed by atoms with van der Waals surface area (Å²) in [6.45, 7) is 5.59. The van der Waals surface area contributed by atoms with Crippen LogP contribution in [0.25, 0.3) is 0 Å². The maximum absolute atomic E-state index is 12.8. The molecular weight excluding hydrogens is 322 g/mol. The van der Waals surface area contributed by atoms with Crippen LogP contribution in [0.2, 0.25) is 0 Å². The normalized spacial score (nSPS) is 29.8. The highest BCUT2D eigenvalue weighted by atomic mass is 32.2. The van der Waals surface area contributed by atoms with Crippen molar-refractivity contribution in [3.05, 3.63) is 24.0 Å². The summed E-state index contributed by atoms with van der Waals surface area (Å²) in [6.07, 6.45) is 6.78. The van der Waals surface area contributed by atoms with Crippen molar-refractivity contribution in [3.63, 3.8) is 0 Å². The van der Waals surface area contributed by atoms with E-state index in [4.69, 9.17) is 0 Å². The van der Waals surface area contributed by atoms with Gasteiger partial charge in [-0.15, -0.1) is 0 Å². The summed E-state index contributed by atoms with van der Waals surface area (Å²) in [5, 5.41) is 0. The first kappa shape index (κ1) is 16.6. The maximum atomic E-state index is 12.8. The van der Waals surface area contributed by atoms with E-state index in [0.717, 1.165) is 45.7 Å². The van der Waals surface area contributed by atoms with Gasteiger partial charge in [-0.2, -0.15) is 0 Å². The fourth-order valence-electron chi connectivity index (χ4n) is 4.90. The van der Waals surface area contributed by atoms with Crippen LogP contribution in [0.15, 0.2) is 18.3 Å². The molecule has 0 saturated carbocycles. The van der Waals surface area contributed by atoms with Gasteiger partial charge in [0.25, 0.3) is 0 Å². The van der Waals surface area contributed by atoms with E-state index in [1.54, 1.807) is 0 Å². The Morgan fingerprint density at radius 1 is 1.17 bits per heavy atom. The topological polar surface area (TPSA) is 45.5 Å². The SMILES string of the molecule is Cn1cccc1CN1CC2(C1)C(CN1CCCCC1)CCS2(=O)=O. The molecule has 4 rings (SSSR count). The molecule has 24 heavy (non-hydrogen) atoms. The van der Waals surface area contributed by atoms with Gasteiger partial charge in [0.15, 0.2) is 9.84 Å². The fourth-order valence-corrected chi connectivity index (χ4v) is 7.36. The van der Waals surface area contributed by atoms with Crippen molar-refractivity contribution in [2.75, 3.05) is 38.5 Å². The summed E-state index contributed by atoms with van der Waals surface area (Å²) in [5.41, 5.74) is 1.26. The monoisotopic (exact) mass is 351 g/mol. The summed E-state index contributed by atoms with van der Waals surface area (Å²) in [7, 11) is -0.895. The van der Waals surface area contributed by atoms with Crippen LogP contribution in [-0.2, 0) is 23.4 Å². The molecule has 134 valence electrons. The van der Waals surface area contributed by atoms with E-state index >= 15 is 0 Å². The molecule has 1 unspecified atom stereocenters. The zero-order chi connectivity index (χ0) is 16.8. The summed E-state index contributed by atoms with van der Waals surface area (Å²) in [5.74, 6) is 0.717. The zero-order valence-electron chi connectivity index (χ0n) is 14.7. The van der Waals surface area contributed by atoms with E-state index in [9.17, 15) is 8.42 Å². The Bertz CT molecular complexity index is 685. The first-order chi connectivity index (χ1) is 11.5. The molecule has 3 saturated heterocycles. The van der Waals surface area contributed by atoms with Gasteiger partial charge in [-0.1, -0.05) is 6.42 Å². The van der Waals surface area contributed by atoms with Crippen LogP contribution in [-0.4, -0.2) is 66.0 Å². The molecule has 3 fully saturated rings. The molecule has 1 atom stereocenters. The van der Waals surface area contributed by atoms with Crippen LogP contribution in [0.1, 0.15) is 31.4 Å². The lowest BCUT2D eigenvalue weighted by Gasteiger charge is -2.51. The Hall–Kier alpha value is -0.850. The summed E-state index contributed by atoms with van der Waals surface area (Å²) < 4.78 is 27.2. The van der Waals surface area contributed by atoms with Gasteiger partial charge in [0.2, 0.25) is 0 Å². The minimum atomic E-state index is -2.95. The Labute approximate surface area is 145 Å². The number of likely N-dealkylation sites (tertiary alicyclic amines) is 2. The molecule has 0 radical (unpaired) electrons. The molecule has 0 N–H and O–H groups in total. The minimum absolute atomic E-state index is 0.324. The minimum Gasteiger partial charge on any atom is -0.353 e. The molecule has 6 heteroatoms. The third-order valence-corrected chi connectivity index (χ3v) is 9.05. The second-order valence-corrected chi connectivity index (χ2v) is 10.4. The maximum Gasteiger partial charge on any atom is 0.158 e. The van der Waals surface area contributed by atoms with Crippen LogP contribution < -0.4 is 0 Å². The van der Waals surface area contributed by atoms with Gasteiger partial charge >= 0.3 is 0 Å². The van der Waals surface area contributed by atoms with Gasteiger partial charge in [0, 0.05) is 45.1 Å². The lowest BCUT2D eigenvalue weighted by Crippen LogP contribution is -2.67. The average molecular weight is 352 g/mol. The molecular formula is C18H29N3O2S. The van der Waals surface area contributed by atoms with Crippen LogP contribution in [0.3, 0.4) is 0 Å². The van der Waals surface area contributed by atoms with Crippen LogP contribution in [0, 0.1) is 5.92 Å². The van der Waals surface area contributed by atoms with Gasteiger partial charge < -0.3 is 9.47 Å². The summed E-state index contributed by atoms with van der Waals surface area (Å²) >= 11 is 0. The van der Waals surface area contributed by atoms with Gasteiger partial charge in [-0.05, 0) is 50.4 Å². The number of hydrogen-bond acceptors (Lipinski definition) is 4. The van der Waals surface area contributed by atoms with Gasteiger partial charge in [0.05, 0.1) is 5.75 Å². The molecule has 0 bridgehead atoms. The van der Waals surface area contributed by atoms with E-state index in [1.165, 1.54) is 25.0 Å². The third-order valence-electron chi connectivity index (χ3n) is 6.45. The highest BCUT2D eigenvalue weighted by Crippen LogP contribution is 2.45. The van der Waals surface area contributed by atoms with Crippen molar-refractivity contribution < 1.29 is 8.42 Å². The molecule has 0 aromatic carbocycles. The average Bonchev–Trinajstić information content (AvgIpc) is 3.03. The van der Waals surface area contributed by atoms with Crippen molar-refractivity contribution in [1.82, 2.24) is 14.4 Å². The molecule has 5 nitrogen and oxygen atoms in total.